The van der Waals surface area contributed by atoms with Crippen molar-refractivity contribution in [3.05, 3.63) is 78.6 Å². The fourth-order valence-corrected chi connectivity index (χ4v) is 3.71. The highest BCUT2D eigenvalue weighted by Crippen LogP contribution is 2.32. The Morgan fingerprint density at radius 1 is 0.917 bits per heavy atom. The molecular formula is C20H17N3S. The van der Waals surface area contributed by atoms with Gasteiger partial charge in [0.2, 0.25) is 5.95 Å². The molecule has 118 valence electrons. The predicted molar refractivity (Wildman–Crippen MR) is 101 cm³/mol. The summed E-state index contributed by atoms with van der Waals surface area (Å²) < 4.78 is 1.28. The van der Waals surface area contributed by atoms with Gasteiger partial charge in [-0.15, -0.1) is 11.3 Å². The highest BCUT2D eigenvalue weighted by atomic mass is 32.1. The zero-order chi connectivity index (χ0) is 16.4. The van der Waals surface area contributed by atoms with E-state index < -0.39 is 0 Å². The minimum atomic E-state index is 0.168. The molecule has 4 aromatic rings. The van der Waals surface area contributed by atoms with Crippen LogP contribution in [0.1, 0.15) is 18.5 Å². The Bertz CT molecular complexity index is 912. The molecule has 0 radical (unpaired) electrons. The van der Waals surface area contributed by atoms with E-state index in [0.717, 1.165) is 5.56 Å². The van der Waals surface area contributed by atoms with Crippen LogP contribution in [0.3, 0.4) is 0 Å². The average Bonchev–Trinajstić information content (AvgIpc) is 3.07. The van der Waals surface area contributed by atoms with E-state index in [9.17, 15) is 0 Å². The van der Waals surface area contributed by atoms with Gasteiger partial charge in [-0.05, 0) is 30.0 Å². The molecule has 0 spiro atoms. The summed E-state index contributed by atoms with van der Waals surface area (Å²) in [4.78, 5) is 10.1. The normalized spacial score (nSPS) is 12.2. The highest BCUT2D eigenvalue weighted by Gasteiger charge is 2.08. The van der Waals surface area contributed by atoms with Gasteiger partial charge < -0.3 is 5.32 Å². The molecule has 2 heterocycles. The van der Waals surface area contributed by atoms with Crippen molar-refractivity contribution in [2.75, 3.05) is 5.32 Å². The minimum absolute atomic E-state index is 0.168. The SMILES string of the molecule is CC(Nc1ncc(-c2cc3ccccc3s2)cn1)c1ccccc1. The lowest BCUT2D eigenvalue weighted by atomic mass is 10.1. The Balaban J connectivity index is 1.54. The van der Waals surface area contributed by atoms with E-state index in [2.05, 4.69) is 64.7 Å². The Hall–Kier alpha value is -2.72. The topological polar surface area (TPSA) is 37.8 Å². The first-order chi connectivity index (χ1) is 11.8. The maximum absolute atomic E-state index is 4.48. The zero-order valence-electron chi connectivity index (χ0n) is 13.3. The molecule has 0 aliphatic carbocycles. The van der Waals surface area contributed by atoms with Crippen LogP contribution in [0.15, 0.2) is 73.1 Å². The fourth-order valence-electron chi connectivity index (χ4n) is 2.67. The number of aromatic nitrogens is 2. The summed E-state index contributed by atoms with van der Waals surface area (Å²) in [5.41, 5.74) is 2.27. The molecule has 0 bridgehead atoms. The van der Waals surface area contributed by atoms with Crippen molar-refractivity contribution >= 4 is 27.4 Å². The average molecular weight is 331 g/mol. The van der Waals surface area contributed by atoms with Crippen LogP contribution in [-0.2, 0) is 0 Å². The summed E-state index contributed by atoms with van der Waals surface area (Å²) in [7, 11) is 0. The number of hydrogen-bond acceptors (Lipinski definition) is 4. The molecule has 0 aliphatic rings. The Morgan fingerprint density at radius 3 is 2.38 bits per heavy atom. The third kappa shape index (κ3) is 3.01. The van der Waals surface area contributed by atoms with E-state index in [0.29, 0.717) is 5.95 Å². The van der Waals surface area contributed by atoms with Gasteiger partial charge in [-0.2, -0.15) is 0 Å². The Kier molecular flexibility index (Phi) is 3.97. The predicted octanol–water partition coefficient (Wildman–Crippen LogP) is 5.53. The van der Waals surface area contributed by atoms with Gasteiger partial charge in [-0.25, -0.2) is 9.97 Å². The molecule has 2 aromatic heterocycles. The molecule has 0 aliphatic heterocycles. The maximum Gasteiger partial charge on any atom is 0.223 e. The second kappa shape index (κ2) is 6.42. The molecule has 0 fully saturated rings. The monoisotopic (exact) mass is 331 g/mol. The van der Waals surface area contributed by atoms with E-state index in [1.807, 2.05) is 30.6 Å². The van der Waals surface area contributed by atoms with Gasteiger partial charge in [0.1, 0.15) is 0 Å². The van der Waals surface area contributed by atoms with Gasteiger partial charge in [0, 0.05) is 27.5 Å². The third-order valence-corrected chi connectivity index (χ3v) is 5.17. The Labute approximate surface area is 145 Å². The summed E-state index contributed by atoms with van der Waals surface area (Å²) in [5.74, 6) is 0.649. The zero-order valence-corrected chi connectivity index (χ0v) is 14.1. The van der Waals surface area contributed by atoms with Gasteiger partial charge in [-0.3, -0.25) is 0 Å². The second-order valence-electron chi connectivity index (χ2n) is 5.72. The molecule has 1 N–H and O–H groups in total. The van der Waals surface area contributed by atoms with E-state index in [1.165, 1.54) is 20.5 Å². The molecule has 1 atom stereocenters. The Morgan fingerprint density at radius 2 is 1.62 bits per heavy atom. The lowest BCUT2D eigenvalue weighted by Crippen LogP contribution is -2.09. The van der Waals surface area contributed by atoms with Crippen LogP contribution in [0, 0.1) is 0 Å². The molecular weight excluding hydrogens is 314 g/mol. The van der Waals surface area contributed by atoms with Crippen LogP contribution < -0.4 is 5.32 Å². The number of benzene rings is 2. The fraction of sp³-hybridized carbons (Fsp3) is 0.100. The number of nitrogens with one attached hydrogen (secondary N) is 1. The van der Waals surface area contributed by atoms with Gasteiger partial charge in [0.25, 0.3) is 0 Å². The first-order valence-electron chi connectivity index (χ1n) is 7.92. The summed E-state index contributed by atoms with van der Waals surface area (Å²) in [6.45, 7) is 2.11. The van der Waals surface area contributed by atoms with E-state index in [4.69, 9.17) is 0 Å². The molecule has 4 rings (SSSR count). The minimum Gasteiger partial charge on any atom is -0.348 e. The van der Waals surface area contributed by atoms with Crippen LogP contribution in [-0.4, -0.2) is 9.97 Å². The van der Waals surface area contributed by atoms with Crippen molar-refractivity contribution in [2.24, 2.45) is 0 Å². The van der Waals surface area contributed by atoms with Gasteiger partial charge in [-0.1, -0.05) is 48.5 Å². The smallest absolute Gasteiger partial charge is 0.223 e. The maximum atomic E-state index is 4.48. The summed E-state index contributed by atoms with van der Waals surface area (Å²) in [6.07, 6.45) is 3.77. The van der Waals surface area contributed by atoms with Crippen LogP contribution in [0.25, 0.3) is 20.5 Å². The summed E-state index contributed by atoms with van der Waals surface area (Å²) >= 11 is 1.77. The summed E-state index contributed by atoms with van der Waals surface area (Å²) in [5, 5.41) is 4.61. The molecule has 1 unspecified atom stereocenters. The van der Waals surface area contributed by atoms with E-state index in [-0.39, 0.29) is 6.04 Å². The lowest BCUT2D eigenvalue weighted by molar-refractivity contribution is 0.861. The van der Waals surface area contributed by atoms with E-state index >= 15 is 0 Å². The number of hydrogen-bond donors (Lipinski definition) is 1. The molecule has 0 saturated heterocycles. The van der Waals surface area contributed by atoms with Crippen molar-refractivity contribution in [2.45, 2.75) is 13.0 Å². The van der Waals surface area contributed by atoms with Crippen molar-refractivity contribution in [1.29, 1.82) is 0 Å². The van der Waals surface area contributed by atoms with Crippen molar-refractivity contribution in [1.82, 2.24) is 9.97 Å². The molecule has 0 amide bonds. The van der Waals surface area contributed by atoms with Crippen molar-refractivity contribution in [3.63, 3.8) is 0 Å². The number of rotatable bonds is 4. The standard InChI is InChI=1S/C20H17N3S/c1-14(15-7-3-2-4-8-15)23-20-21-12-17(13-22-20)19-11-16-9-5-6-10-18(16)24-19/h2-14H,1H3,(H,21,22,23). The van der Waals surface area contributed by atoms with Gasteiger partial charge in [0.15, 0.2) is 0 Å². The van der Waals surface area contributed by atoms with Crippen LogP contribution in [0.4, 0.5) is 5.95 Å². The molecule has 3 nitrogen and oxygen atoms in total. The van der Waals surface area contributed by atoms with Crippen LogP contribution >= 0.6 is 11.3 Å². The van der Waals surface area contributed by atoms with Crippen molar-refractivity contribution in [3.8, 4) is 10.4 Å². The quantitative estimate of drug-likeness (QED) is 0.534. The van der Waals surface area contributed by atoms with Crippen molar-refractivity contribution < 1.29 is 0 Å². The molecule has 0 saturated carbocycles. The number of thiophene rings is 1. The molecule has 4 heteroatoms. The van der Waals surface area contributed by atoms with Gasteiger partial charge >= 0.3 is 0 Å². The van der Waals surface area contributed by atoms with Crippen LogP contribution in [0.2, 0.25) is 0 Å². The summed E-state index contributed by atoms with van der Waals surface area (Å²) in [6, 6.07) is 21.1. The number of anilines is 1. The molecule has 2 aromatic carbocycles. The lowest BCUT2D eigenvalue weighted by Gasteiger charge is -2.13. The van der Waals surface area contributed by atoms with Crippen LogP contribution in [0.5, 0.6) is 0 Å². The second-order valence-corrected chi connectivity index (χ2v) is 6.80. The largest absolute Gasteiger partial charge is 0.348 e. The van der Waals surface area contributed by atoms with Gasteiger partial charge in [0.05, 0.1) is 6.04 Å². The van der Waals surface area contributed by atoms with E-state index in [1.54, 1.807) is 11.3 Å². The number of fused-ring (bicyclic) bond motifs is 1. The first-order valence-corrected chi connectivity index (χ1v) is 8.74. The highest BCUT2D eigenvalue weighted by molar-refractivity contribution is 7.22. The third-order valence-electron chi connectivity index (χ3n) is 4.01. The first kappa shape index (κ1) is 14.8. The number of nitrogens with zero attached hydrogens (tertiary/aromatic N) is 2. The molecule has 24 heavy (non-hydrogen) atoms.